The predicted molar refractivity (Wildman–Crippen MR) is 81.1 cm³/mol. The van der Waals surface area contributed by atoms with E-state index in [2.05, 4.69) is 45.6 Å². The Morgan fingerprint density at radius 1 is 1.32 bits per heavy atom. The molecule has 2 N–H and O–H groups in total. The highest BCUT2D eigenvalue weighted by Gasteiger charge is 2.25. The molecule has 2 rings (SSSR count). The predicted octanol–water partition coefficient (Wildman–Crippen LogP) is 2.64. The van der Waals surface area contributed by atoms with Crippen LogP contribution < -0.4 is 10.6 Å². The lowest BCUT2D eigenvalue weighted by Crippen LogP contribution is -2.46. The summed E-state index contributed by atoms with van der Waals surface area (Å²) in [6.45, 7) is 4.04. The normalized spacial score (nSPS) is 17.8. The van der Waals surface area contributed by atoms with Crippen LogP contribution in [0.4, 0.5) is 0 Å². The van der Waals surface area contributed by atoms with Crippen LogP contribution in [0.15, 0.2) is 28.7 Å². The van der Waals surface area contributed by atoms with E-state index >= 15 is 0 Å². The fraction of sp³-hybridized carbons (Fsp3) is 0.533. The maximum absolute atomic E-state index is 11.8. The van der Waals surface area contributed by atoms with Crippen molar-refractivity contribution < 1.29 is 4.79 Å². The number of rotatable bonds is 6. The van der Waals surface area contributed by atoms with Crippen molar-refractivity contribution in [3.8, 4) is 0 Å². The first kappa shape index (κ1) is 14.5. The molecule has 0 aromatic heterocycles. The van der Waals surface area contributed by atoms with Crippen LogP contribution in [0, 0.1) is 0 Å². The lowest BCUT2D eigenvalue weighted by atomic mass is 10.1. The van der Waals surface area contributed by atoms with Gasteiger partial charge in [-0.2, -0.15) is 0 Å². The van der Waals surface area contributed by atoms with Gasteiger partial charge in [-0.3, -0.25) is 4.79 Å². The number of halogens is 1. The van der Waals surface area contributed by atoms with E-state index in [1.165, 1.54) is 5.56 Å². The second-order valence-corrected chi connectivity index (χ2v) is 6.32. The van der Waals surface area contributed by atoms with Crippen molar-refractivity contribution in [2.24, 2.45) is 0 Å². The van der Waals surface area contributed by atoms with Crippen molar-refractivity contribution in [2.45, 2.75) is 51.2 Å². The highest BCUT2D eigenvalue weighted by atomic mass is 79.9. The number of hydrogen-bond donors (Lipinski definition) is 2. The maximum atomic E-state index is 11.8. The van der Waals surface area contributed by atoms with E-state index in [0.717, 1.165) is 23.7 Å². The molecule has 1 aliphatic rings. The molecule has 0 bridgehead atoms. The molecule has 1 saturated carbocycles. The number of amides is 1. The number of nitrogens with one attached hydrogen (secondary N) is 2. The largest absolute Gasteiger partial charge is 0.352 e. The van der Waals surface area contributed by atoms with Crippen molar-refractivity contribution in [1.82, 2.24) is 10.6 Å². The van der Waals surface area contributed by atoms with Crippen LogP contribution in [0.2, 0.25) is 0 Å². The molecule has 1 aliphatic carbocycles. The summed E-state index contributed by atoms with van der Waals surface area (Å²) in [4.78, 5) is 11.8. The van der Waals surface area contributed by atoms with Crippen LogP contribution in [0.1, 0.15) is 32.3 Å². The minimum absolute atomic E-state index is 0.116. The SMILES string of the molecule is CC(Cc1ccc(Br)cc1)NC(C)C(=O)NC1CC1. The molecule has 4 heteroatoms. The fourth-order valence-corrected chi connectivity index (χ4v) is 2.35. The average Bonchev–Trinajstić information content (AvgIpc) is 3.16. The summed E-state index contributed by atoms with van der Waals surface area (Å²) >= 11 is 3.43. The second-order valence-electron chi connectivity index (χ2n) is 5.40. The van der Waals surface area contributed by atoms with E-state index in [1.54, 1.807) is 0 Å². The Labute approximate surface area is 123 Å². The molecule has 1 amide bonds. The Morgan fingerprint density at radius 3 is 2.53 bits per heavy atom. The smallest absolute Gasteiger partial charge is 0.237 e. The van der Waals surface area contributed by atoms with Crippen molar-refractivity contribution in [2.75, 3.05) is 0 Å². The molecule has 2 atom stereocenters. The van der Waals surface area contributed by atoms with Crippen molar-refractivity contribution in [3.05, 3.63) is 34.3 Å². The Bertz CT molecular complexity index is 428. The molecule has 2 unspecified atom stereocenters. The number of benzene rings is 1. The first-order valence-electron chi connectivity index (χ1n) is 6.85. The molecule has 0 spiro atoms. The van der Waals surface area contributed by atoms with Gasteiger partial charge in [0.25, 0.3) is 0 Å². The standard InChI is InChI=1S/C15H21BrN2O/c1-10(9-12-3-5-13(16)6-4-12)17-11(2)15(19)18-14-7-8-14/h3-6,10-11,14,17H,7-9H2,1-2H3,(H,18,19). The van der Waals surface area contributed by atoms with E-state index in [0.29, 0.717) is 6.04 Å². The van der Waals surface area contributed by atoms with E-state index < -0.39 is 0 Å². The summed E-state index contributed by atoms with van der Waals surface area (Å²) in [5.41, 5.74) is 1.28. The molecule has 3 nitrogen and oxygen atoms in total. The molecule has 1 fully saturated rings. The Hall–Kier alpha value is -0.870. The number of carbonyl (C=O) groups excluding carboxylic acids is 1. The van der Waals surface area contributed by atoms with Crippen LogP contribution in [0.3, 0.4) is 0 Å². The second kappa shape index (κ2) is 6.53. The summed E-state index contributed by atoms with van der Waals surface area (Å²) in [7, 11) is 0. The summed E-state index contributed by atoms with van der Waals surface area (Å²) < 4.78 is 1.09. The van der Waals surface area contributed by atoms with Crippen molar-refractivity contribution in [3.63, 3.8) is 0 Å². The van der Waals surface area contributed by atoms with E-state index in [4.69, 9.17) is 0 Å². The lowest BCUT2D eigenvalue weighted by molar-refractivity contribution is -0.123. The van der Waals surface area contributed by atoms with Gasteiger partial charge in [-0.25, -0.2) is 0 Å². The van der Waals surface area contributed by atoms with E-state index in [9.17, 15) is 4.79 Å². The lowest BCUT2D eigenvalue weighted by Gasteiger charge is -2.19. The van der Waals surface area contributed by atoms with Crippen LogP contribution in [-0.4, -0.2) is 24.0 Å². The topological polar surface area (TPSA) is 41.1 Å². The van der Waals surface area contributed by atoms with E-state index in [1.807, 2.05) is 19.1 Å². The Kier molecular flexibility index (Phi) is 4.99. The van der Waals surface area contributed by atoms with Crippen LogP contribution in [-0.2, 0) is 11.2 Å². The van der Waals surface area contributed by atoms with Gasteiger partial charge >= 0.3 is 0 Å². The number of hydrogen-bond acceptors (Lipinski definition) is 2. The van der Waals surface area contributed by atoms with Crippen LogP contribution in [0.5, 0.6) is 0 Å². The molecule has 0 radical (unpaired) electrons. The van der Waals surface area contributed by atoms with Gasteiger partial charge in [0.15, 0.2) is 0 Å². The quantitative estimate of drug-likeness (QED) is 0.844. The molecule has 0 heterocycles. The highest BCUT2D eigenvalue weighted by molar-refractivity contribution is 9.10. The summed E-state index contributed by atoms with van der Waals surface area (Å²) in [6, 6.07) is 8.89. The third-order valence-corrected chi connectivity index (χ3v) is 3.84. The van der Waals surface area contributed by atoms with Gasteiger partial charge in [0.05, 0.1) is 6.04 Å². The van der Waals surface area contributed by atoms with Gasteiger partial charge in [-0.1, -0.05) is 28.1 Å². The zero-order valence-electron chi connectivity index (χ0n) is 11.4. The minimum Gasteiger partial charge on any atom is -0.352 e. The monoisotopic (exact) mass is 324 g/mol. The van der Waals surface area contributed by atoms with Crippen molar-refractivity contribution >= 4 is 21.8 Å². The van der Waals surface area contributed by atoms with Crippen LogP contribution >= 0.6 is 15.9 Å². The molecular formula is C15H21BrN2O. The van der Waals surface area contributed by atoms with Gasteiger partial charge in [-0.05, 0) is 50.8 Å². The van der Waals surface area contributed by atoms with Gasteiger partial charge in [0.2, 0.25) is 5.91 Å². The fourth-order valence-electron chi connectivity index (χ4n) is 2.09. The first-order valence-corrected chi connectivity index (χ1v) is 7.65. The third-order valence-electron chi connectivity index (χ3n) is 3.31. The minimum atomic E-state index is -0.133. The highest BCUT2D eigenvalue weighted by Crippen LogP contribution is 2.18. The molecule has 1 aromatic carbocycles. The molecule has 19 heavy (non-hydrogen) atoms. The zero-order valence-corrected chi connectivity index (χ0v) is 13.0. The number of carbonyl (C=O) groups is 1. The Balaban J connectivity index is 1.77. The van der Waals surface area contributed by atoms with Crippen LogP contribution in [0.25, 0.3) is 0 Å². The molecule has 104 valence electrons. The zero-order chi connectivity index (χ0) is 13.8. The van der Waals surface area contributed by atoms with Gasteiger partial charge in [0.1, 0.15) is 0 Å². The summed E-state index contributed by atoms with van der Waals surface area (Å²) in [5, 5.41) is 6.37. The maximum Gasteiger partial charge on any atom is 0.237 e. The molecule has 1 aromatic rings. The Morgan fingerprint density at radius 2 is 1.95 bits per heavy atom. The van der Waals surface area contributed by atoms with Gasteiger partial charge in [-0.15, -0.1) is 0 Å². The van der Waals surface area contributed by atoms with Gasteiger partial charge < -0.3 is 10.6 Å². The van der Waals surface area contributed by atoms with Crippen molar-refractivity contribution in [1.29, 1.82) is 0 Å². The first-order chi connectivity index (χ1) is 9.04. The average molecular weight is 325 g/mol. The van der Waals surface area contributed by atoms with E-state index in [-0.39, 0.29) is 18.0 Å². The third kappa shape index (κ3) is 4.96. The summed E-state index contributed by atoms with van der Waals surface area (Å²) in [5.74, 6) is 0.116. The molecular weight excluding hydrogens is 304 g/mol. The molecule has 0 saturated heterocycles. The summed E-state index contributed by atoms with van der Waals surface area (Å²) in [6.07, 6.45) is 3.19. The molecule has 0 aliphatic heterocycles. The van der Waals surface area contributed by atoms with Gasteiger partial charge in [0, 0.05) is 16.6 Å².